The van der Waals surface area contributed by atoms with Crippen LogP contribution >= 0.6 is 0 Å². The lowest BCUT2D eigenvalue weighted by Crippen LogP contribution is -2.46. The van der Waals surface area contributed by atoms with Gasteiger partial charge in [0.15, 0.2) is 0 Å². The predicted octanol–water partition coefficient (Wildman–Crippen LogP) is 4.32. The number of amides is 1. The summed E-state index contributed by atoms with van der Waals surface area (Å²) in [6, 6.07) is 0.241. The minimum absolute atomic E-state index is 0.0312. The van der Waals surface area contributed by atoms with Crippen molar-refractivity contribution >= 4 is 5.91 Å². The lowest BCUT2D eigenvalue weighted by Gasteiger charge is -2.39. The van der Waals surface area contributed by atoms with Crippen molar-refractivity contribution in [1.29, 1.82) is 0 Å². The molecule has 0 saturated heterocycles. The Morgan fingerprint density at radius 1 is 1.26 bits per heavy atom. The van der Waals surface area contributed by atoms with E-state index < -0.39 is 0 Å². The zero-order chi connectivity index (χ0) is 19.2. The van der Waals surface area contributed by atoms with Crippen molar-refractivity contribution in [2.24, 2.45) is 29.7 Å². The number of carbonyl (C=O) groups is 1. The first-order chi connectivity index (χ1) is 12.8. The van der Waals surface area contributed by atoms with E-state index in [2.05, 4.69) is 31.2 Å². The fourth-order valence-electron chi connectivity index (χ4n) is 5.96. The lowest BCUT2D eigenvalue weighted by molar-refractivity contribution is 0.0820. The second-order valence-electron chi connectivity index (χ2n) is 9.94. The number of carbonyl (C=O) groups excluding carboxylic acids is 1. The molecule has 4 rings (SSSR count). The third-order valence-electron chi connectivity index (χ3n) is 8.41. The van der Waals surface area contributed by atoms with Gasteiger partial charge in [-0.1, -0.05) is 40.0 Å². The molecule has 0 spiro atoms. The van der Waals surface area contributed by atoms with Crippen LogP contribution in [0, 0.1) is 22.7 Å². The number of hydrogen-bond acceptors (Lipinski definition) is 3. The molecule has 3 aliphatic rings. The summed E-state index contributed by atoms with van der Waals surface area (Å²) in [5.74, 6) is 1.90. The SMILES string of the molecule is Cn1ncc(C(=O)N[C@H]2C[C@@H]3CC[C@]2(C)C3(C)C)c1OCC1CCCCC1. The third-order valence-corrected chi connectivity index (χ3v) is 8.41. The van der Waals surface area contributed by atoms with Gasteiger partial charge in [0.05, 0.1) is 12.8 Å². The number of ether oxygens (including phenoxy) is 1. The first-order valence-corrected chi connectivity index (χ1v) is 10.8. The number of aryl methyl sites for hydroxylation is 1. The first-order valence-electron chi connectivity index (χ1n) is 10.8. The highest BCUT2D eigenvalue weighted by molar-refractivity contribution is 5.96. The summed E-state index contributed by atoms with van der Waals surface area (Å²) in [7, 11) is 1.86. The molecular weight excluding hydrogens is 338 g/mol. The van der Waals surface area contributed by atoms with E-state index >= 15 is 0 Å². The van der Waals surface area contributed by atoms with Crippen LogP contribution in [0.5, 0.6) is 5.88 Å². The van der Waals surface area contributed by atoms with Gasteiger partial charge in [0.1, 0.15) is 5.56 Å². The average Bonchev–Trinajstić information content (AvgIpc) is 3.18. The Bertz CT molecular complexity index is 704. The molecular formula is C22H35N3O2. The van der Waals surface area contributed by atoms with E-state index in [-0.39, 0.29) is 17.4 Å². The summed E-state index contributed by atoms with van der Waals surface area (Å²) in [6.07, 6.45) is 11.6. The molecule has 1 aromatic heterocycles. The molecule has 0 aromatic carbocycles. The molecule has 150 valence electrons. The maximum Gasteiger partial charge on any atom is 0.258 e. The highest BCUT2D eigenvalue weighted by atomic mass is 16.5. The van der Waals surface area contributed by atoms with Gasteiger partial charge in [-0.25, -0.2) is 4.68 Å². The molecule has 5 heteroatoms. The van der Waals surface area contributed by atoms with E-state index in [0.29, 0.717) is 35.3 Å². The average molecular weight is 374 g/mol. The third kappa shape index (κ3) is 3.07. The molecule has 0 aliphatic heterocycles. The van der Waals surface area contributed by atoms with Crippen molar-refractivity contribution in [3.8, 4) is 5.88 Å². The Morgan fingerprint density at radius 2 is 2.00 bits per heavy atom. The van der Waals surface area contributed by atoms with Crippen LogP contribution in [0.2, 0.25) is 0 Å². The van der Waals surface area contributed by atoms with Gasteiger partial charge in [0.2, 0.25) is 5.88 Å². The zero-order valence-electron chi connectivity index (χ0n) is 17.4. The Balaban J connectivity index is 1.44. The van der Waals surface area contributed by atoms with Crippen LogP contribution in [0.4, 0.5) is 0 Å². The van der Waals surface area contributed by atoms with Crippen molar-refractivity contribution in [3.63, 3.8) is 0 Å². The van der Waals surface area contributed by atoms with E-state index in [0.717, 1.165) is 6.42 Å². The Kier molecular flexibility index (Phi) is 4.76. The van der Waals surface area contributed by atoms with Crippen LogP contribution in [-0.4, -0.2) is 28.3 Å². The molecule has 3 fully saturated rings. The summed E-state index contributed by atoms with van der Waals surface area (Å²) in [5, 5.41) is 7.64. The summed E-state index contributed by atoms with van der Waals surface area (Å²) in [6.45, 7) is 7.80. The quantitative estimate of drug-likeness (QED) is 0.836. The number of hydrogen-bond donors (Lipinski definition) is 1. The van der Waals surface area contributed by atoms with Gasteiger partial charge in [-0.05, 0) is 54.8 Å². The Labute approximate surface area is 163 Å². The van der Waals surface area contributed by atoms with Crippen LogP contribution in [-0.2, 0) is 7.05 Å². The summed E-state index contributed by atoms with van der Waals surface area (Å²) in [5.41, 5.74) is 1.05. The molecule has 1 N–H and O–H groups in total. The minimum Gasteiger partial charge on any atom is -0.477 e. The van der Waals surface area contributed by atoms with Gasteiger partial charge in [-0.3, -0.25) is 4.79 Å². The molecule has 27 heavy (non-hydrogen) atoms. The molecule has 3 atom stereocenters. The van der Waals surface area contributed by atoms with Crippen molar-refractivity contribution in [2.75, 3.05) is 6.61 Å². The van der Waals surface area contributed by atoms with Gasteiger partial charge >= 0.3 is 0 Å². The highest BCUT2D eigenvalue weighted by Gasteiger charge is 2.61. The maximum absolute atomic E-state index is 13.1. The van der Waals surface area contributed by atoms with Crippen LogP contribution < -0.4 is 10.1 Å². The summed E-state index contributed by atoms with van der Waals surface area (Å²) < 4.78 is 7.80. The molecule has 0 radical (unpaired) electrons. The second kappa shape index (κ2) is 6.82. The molecule has 5 nitrogen and oxygen atoms in total. The molecule has 3 saturated carbocycles. The van der Waals surface area contributed by atoms with Crippen molar-refractivity contribution in [1.82, 2.24) is 15.1 Å². The fraction of sp³-hybridized carbons (Fsp3) is 0.818. The first kappa shape index (κ1) is 18.8. The largest absolute Gasteiger partial charge is 0.477 e. The van der Waals surface area contributed by atoms with Gasteiger partial charge < -0.3 is 10.1 Å². The Morgan fingerprint density at radius 3 is 2.63 bits per heavy atom. The molecule has 1 amide bonds. The number of nitrogens with one attached hydrogen (secondary N) is 1. The summed E-state index contributed by atoms with van der Waals surface area (Å²) in [4.78, 5) is 13.1. The summed E-state index contributed by atoms with van der Waals surface area (Å²) >= 11 is 0. The van der Waals surface area contributed by atoms with Crippen molar-refractivity contribution < 1.29 is 9.53 Å². The van der Waals surface area contributed by atoms with Crippen LogP contribution in [0.3, 0.4) is 0 Å². The van der Waals surface area contributed by atoms with Crippen LogP contribution in [0.25, 0.3) is 0 Å². The monoisotopic (exact) mass is 373 g/mol. The van der Waals surface area contributed by atoms with E-state index in [1.165, 1.54) is 44.9 Å². The lowest BCUT2D eigenvalue weighted by atomic mass is 9.69. The number of rotatable bonds is 5. The fourth-order valence-corrected chi connectivity index (χ4v) is 5.96. The molecule has 3 aliphatic carbocycles. The van der Waals surface area contributed by atoms with Crippen molar-refractivity contribution in [3.05, 3.63) is 11.8 Å². The highest BCUT2D eigenvalue weighted by Crippen LogP contribution is 2.65. The molecule has 1 aromatic rings. The van der Waals surface area contributed by atoms with E-state index in [1.54, 1.807) is 10.9 Å². The van der Waals surface area contributed by atoms with Gasteiger partial charge in [0, 0.05) is 13.1 Å². The smallest absolute Gasteiger partial charge is 0.258 e. The number of fused-ring (bicyclic) bond motifs is 2. The minimum atomic E-state index is -0.0312. The second-order valence-corrected chi connectivity index (χ2v) is 9.94. The Hall–Kier alpha value is -1.52. The van der Waals surface area contributed by atoms with Crippen molar-refractivity contribution in [2.45, 2.75) is 78.2 Å². The van der Waals surface area contributed by atoms with Crippen LogP contribution in [0.1, 0.15) is 82.5 Å². The standard InChI is InChI=1S/C22H35N3O2/c1-21(2)16-10-11-22(21,3)18(12-16)24-19(26)17-13-23-25(4)20(17)27-14-15-8-6-5-7-9-15/h13,15-16,18H,5-12,14H2,1-4H3,(H,24,26)/t16-,18-,22-/m0/s1. The molecule has 1 heterocycles. The topological polar surface area (TPSA) is 56.2 Å². The van der Waals surface area contributed by atoms with E-state index in [1.807, 2.05) is 7.05 Å². The maximum atomic E-state index is 13.1. The van der Waals surface area contributed by atoms with E-state index in [9.17, 15) is 4.79 Å². The van der Waals surface area contributed by atoms with Gasteiger partial charge in [-0.15, -0.1) is 0 Å². The van der Waals surface area contributed by atoms with Gasteiger partial charge in [0.25, 0.3) is 5.91 Å². The molecule has 2 bridgehead atoms. The van der Waals surface area contributed by atoms with E-state index in [4.69, 9.17) is 4.74 Å². The number of aromatic nitrogens is 2. The van der Waals surface area contributed by atoms with Gasteiger partial charge in [-0.2, -0.15) is 5.10 Å². The predicted molar refractivity (Wildman–Crippen MR) is 106 cm³/mol. The number of nitrogens with zero attached hydrogens (tertiary/aromatic N) is 2. The molecule has 0 unspecified atom stereocenters. The normalized spacial score (nSPS) is 32.6. The zero-order valence-corrected chi connectivity index (χ0v) is 17.4. The van der Waals surface area contributed by atoms with Crippen LogP contribution in [0.15, 0.2) is 6.20 Å².